The summed E-state index contributed by atoms with van der Waals surface area (Å²) in [5, 5.41) is 2.01. The van der Waals surface area contributed by atoms with Gasteiger partial charge in [-0.25, -0.2) is 0 Å². The predicted molar refractivity (Wildman–Crippen MR) is 51.6 cm³/mol. The number of alkyl halides is 1. The first-order chi connectivity index (χ1) is 5.99. The smallest absolute Gasteiger partial charge is 0.240 e. The first-order valence-electron chi connectivity index (χ1n) is 4.14. The van der Waals surface area contributed by atoms with Gasteiger partial charge in [0.25, 0.3) is 0 Å². The van der Waals surface area contributed by atoms with Crippen LogP contribution in [0.5, 0.6) is 0 Å². The molecule has 1 N–H and O–H groups in total. The summed E-state index contributed by atoms with van der Waals surface area (Å²) in [4.78, 5) is 23.5. The van der Waals surface area contributed by atoms with E-state index in [1.165, 1.54) is 4.90 Å². The number of likely N-dealkylation sites (N-methyl/N-ethyl adjacent to an activating group) is 2. The fourth-order valence-corrected chi connectivity index (χ4v) is 1.02. The number of nitrogens with zero attached hydrogens (tertiary/aromatic N) is 1. The van der Waals surface area contributed by atoms with Gasteiger partial charge in [0, 0.05) is 13.6 Å². The second-order valence-corrected chi connectivity index (χ2v) is 3.42. The van der Waals surface area contributed by atoms with Crippen molar-refractivity contribution in [2.45, 2.75) is 19.2 Å². The molecule has 0 bridgehead atoms. The highest BCUT2D eigenvalue weighted by atomic mass is 35.5. The van der Waals surface area contributed by atoms with Crippen molar-refractivity contribution in [2.75, 3.05) is 20.1 Å². The molecule has 0 aromatic heterocycles. The van der Waals surface area contributed by atoms with E-state index >= 15 is 0 Å². The molecular weight excluding hydrogens is 192 g/mol. The van der Waals surface area contributed by atoms with Gasteiger partial charge in [-0.3, -0.25) is 9.59 Å². The molecule has 0 fully saturated rings. The first kappa shape index (κ1) is 12.2. The lowest BCUT2D eigenvalue weighted by Crippen LogP contribution is -2.40. The molecule has 0 radical (unpaired) electrons. The molecule has 0 aromatic rings. The summed E-state index contributed by atoms with van der Waals surface area (Å²) in [5.41, 5.74) is 0. The Labute approximate surface area is 83.2 Å². The number of carbonyl (C=O) groups excluding carboxylic acids is 2. The van der Waals surface area contributed by atoms with Crippen molar-refractivity contribution in [3.05, 3.63) is 0 Å². The average Bonchev–Trinajstić information content (AvgIpc) is 2.03. The Morgan fingerprint density at radius 2 is 2.08 bits per heavy atom. The molecule has 0 aliphatic heterocycles. The number of hydrogen-bond donors (Lipinski definition) is 1. The Kier molecular flexibility index (Phi) is 5.46. The van der Waals surface area contributed by atoms with Crippen LogP contribution in [0.4, 0.5) is 0 Å². The fourth-order valence-electron chi connectivity index (χ4n) is 0.850. The highest BCUT2D eigenvalue weighted by Crippen LogP contribution is 1.98. The van der Waals surface area contributed by atoms with Crippen molar-refractivity contribution >= 4 is 23.4 Å². The third-order valence-electron chi connectivity index (χ3n) is 1.47. The van der Waals surface area contributed by atoms with Crippen LogP contribution < -0.4 is 5.32 Å². The second-order valence-electron chi connectivity index (χ2n) is 2.76. The highest BCUT2D eigenvalue weighted by molar-refractivity contribution is 6.30. The van der Waals surface area contributed by atoms with Crippen LogP contribution in [0.15, 0.2) is 0 Å². The van der Waals surface area contributed by atoms with Crippen molar-refractivity contribution < 1.29 is 9.59 Å². The van der Waals surface area contributed by atoms with Gasteiger partial charge in [-0.2, -0.15) is 0 Å². The lowest BCUT2D eigenvalue weighted by atomic mass is 10.4. The zero-order valence-corrected chi connectivity index (χ0v) is 8.89. The lowest BCUT2D eigenvalue weighted by Gasteiger charge is -2.17. The molecule has 0 saturated heterocycles. The van der Waals surface area contributed by atoms with Crippen molar-refractivity contribution in [1.29, 1.82) is 0 Å². The minimum Gasteiger partial charge on any atom is -0.355 e. The van der Waals surface area contributed by atoms with Gasteiger partial charge >= 0.3 is 0 Å². The second kappa shape index (κ2) is 5.80. The third-order valence-corrected chi connectivity index (χ3v) is 1.66. The third kappa shape index (κ3) is 4.72. The monoisotopic (exact) mass is 206 g/mol. The summed E-state index contributed by atoms with van der Waals surface area (Å²) < 4.78 is 0. The molecule has 0 rings (SSSR count). The van der Waals surface area contributed by atoms with Crippen LogP contribution >= 0.6 is 11.6 Å². The van der Waals surface area contributed by atoms with Gasteiger partial charge in [-0.15, -0.1) is 11.6 Å². The quantitative estimate of drug-likeness (QED) is 0.669. The highest BCUT2D eigenvalue weighted by Gasteiger charge is 2.16. The summed E-state index contributed by atoms with van der Waals surface area (Å²) in [7, 11) is 1.55. The molecule has 4 nitrogen and oxygen atoms in total. The van der Waals surface area contributed by atoms with E-state index in [-0.39, 0.29) is 18.4 Å². The molecule has 0 spiro atoms. The molecule has 0 heterocycles. The minimum atomic E-state index is -0.584. The zero-order chi connectivity index (χ0) is 10.4. The maximum absolute atomic E-state index is 11.2. The fraction of sp³-hybridized carbons (Fsp3) is 0.750. The van der Waals surface area contributed by atoms with Gasteiger partial charge in [0.2, 0.25) is 11.8 Å². The largest absolute Gasteiger partial charge is 0.355 e. The molecule has 0 aliphatic carbocycles. The Hall–Kier alpha value is -0.770. The Balaban J connectivity index is 3.92. The topological polar surface area (TPSA) is 49.4 Å². The molecule has 1 atom stereocenters. The molecule has 13 heavy (non-hydrogen) atoms. The maximum Gasteiger partial charge on any atom is 0.240 e. The van der Waals surface area contributed by atoms with Crippen LogP contribution in [-0.2, 0) is 9.59 Å². The normalized spacial score (nSPS) is 12.0. The Morgan fingerprint density at radius 1 is 1.54 bits per heavy atom. The predicted octanol–water partition coefficient (Wildman–Crippen LogP) is 0.208. The minimum absolute atomic E-state index is 0.0593. The lowest BCUT2D eigenvalue weighted by molar-refractivity contribution is -0.134. The van der Waals surface area contributed by atoms with Gasteiger partial charge in [0.1, 0.15) is 5.38 Å². The molecule has 0 aromatic carbocycles. The van der Waals surface area contributed by atoms with Crippen molar-refractivity contribution in [2.24, 2.45) is 0 Å². The summed E-state index contributed by atoms with van der Waals surface area (Å²) in [6.07, 6.45) is 0. The number of carbonyl (C=O) groups is 2. The van der Waals surface area contributed by atoms with Crippen molar-refractivity contribution in [1.82, 2.24) is 10.2 Å². The van der Waals surface area contributed by atoms with Crippen LogP contribution in [0.3, 0.4) is 0 Å². The number of hydrogen-bond acceptors (Lipinski definition) is 2. The molecular formula is C8H15ClN2O2. The van der Waals surface area contributed by atoms with Gasteiger partial charge in [0.05, 0.1) is 6.54 Å². The summed E-state index contributed by atoms with van der Waals surface area (Å²) in [6, 6.07) is 0. The van der Waals surface area contributed by atoms with Gasteiger partial charge in [-0.05, 0) is 13.8 Å². The van der Waals surface area contributed by atoms with Crippen LogP contribution in [-0.4, -0.2) is 42.2 Å². The summed E-state index contributed by atoms with van der Waals surface area (Å²) >= 11 is 5.56. The molecule has 2 amide bonds. The Morgan fingerprint density at radius 3 is 2.46 bits per heavy atom. The van der Waals surface area contributed by atoms with Crippen LogP contribution in [0.25, 0.3) is 0 Å². The SMILES string of the molecule is CCNC(=O)CN(C)C(=O)C(C)Cl. The standard InChI is InChI=1S/C8H15ClN2O2/c1-4-10-7(12)5-11(3)8(13)6(2)9/h6H,4-5H2,1-3H3,(H,10,12). The molecule has 5 heteroatoms. The van der Waals surface area contributed by atoms with Crippen LogP contribution in [0.2, 0.25) is 0 Å². The van der Waals surface area contributed by atoms with E-state index in [2.05, 4.69) is 5.32 Å². The van der Waals surface area contributed by atoms with E-state index in [1.807, 2.05) is 6.92 Å². The number of nitrogens with one attached hydrogen (secondary N) is 1. The summed E-state index contributed by atoms with van der Waals surface area (Å²) in [5.74, 6) is -0.413. The van der Waals surface area contributed by atoms with Gasteiger partial charge in [0.15, 0.2) is 0 Å². The van der Waals surface area contributed by atoms with Crippen molar-refractivity contribution in [3.63, 3.8) is 0 Å². The zero-order valence-electron chi connectivity index (χ0n) is 8.13. The molecule has 1 unspecified atom stereocenters. The van der Waals surface area contributed by atoms with E-state index in [0.29, 0.717) is 6.54 Å². The summed E-state index contributed by atoms with van der Waals surface area (Å²) in [6.45, 7) is 4.03. The first-order valence-corrected chi connectivity index (χ1v) is 4.58. The van der Waals surface area contributed by atoms with E-state index in [9.17, 15) is 9.59 Å². The van der Waals surface area contributed by atoms with E-state index < -0.39 is 5.38 Å². The van der Waals surface area contributed by atoms with Crippen molar-refractivity contribution in [3.8, 4) is 0 Å². The molecule has 0 aliphatic rings. The van der Waals surface area contributed by atoms with Crippen LogP contribution in [0, 0.1) is 0 Å². The molecule has 76 valence electrons. The number of halogens is 1. The van der Waals surface area contributed by atoms with E-state index in [4.69, 9.17) is 11.6 Å². The maximum atomic E-state index is 11.2. The van der Waals surface area contributed by atoms with E-state index in [0.717, 1.165) is 0 Å². The van der Waals surface area contributed by atoms with Gasteiger partial charge in [-0.1, -0.05) is 0 Å². The molecule has 0 saturated carbocycles. The Bertz CT molecular complexity index is 195. The average molecular weight is 207 g/mol. The number of rotatable bonds is 4. The van der Waals surface area contributed by atoms with Gasteiger partial charge < -0.3 is 10.2 Å². The number of amides is 2. The van der Waals surface area contributed by atoms with E-state index in [1.54, 1.807) is 14.0 Å². The van der Waals surface area contributed by atoms with Crippen LogP contribution in [0.1, 0.15) is 13.8 Å².